The molecule has 0 saturated heterocycles. The molecule has 1 aromatic rings. The van der Waals surface area contributed by atoms with Crippen LogP contribution in [0.1, 0.15) is 30.6 Å². The summed E-state index contributed by atoms with van der Waals surface area (Å²) in [5, 5.41) is 3.38. The van der Waals surface area contributed by atoms with E-state index in [1.807, 2.05) is 6.07 Å². The molecular weight excluding hydrogens is 384 g/mol. The van der Waals surface area contributed by atoms with Crippen LogP contribution in [0.25, 0.3) is 0 Å². The molecule has 1 amide bonds. The minimum atomic E-state index is -0.136. The van der Waals surface area contributed by atoms with E-state index in [2.05, 4.69) is 41.8 Å². The maximum atomic E-state index is 11.9. The number of hydrogen-bond acceptors (Lipinski definition) is 1. The van der Waals surface area contributed by atoms with E-state index in [9.17, 15) is 4.79 Å². The van der Waals surface area contributed by atoms with Crippen molar-refractivity contribution in [3.8, 4) is 0 Å². The Kier molecular flexibility index (Phi) is 6.74. The van der Waals surface area contributed by atoms with Gasteiger partial charge in [-0.15, -0.1) is 11.6 Å². The summed E-state index contributed by atoms with van der Waals surface area (Å²) in [6.07, 6.45) is 0.884. The molecule has 5 heteroatoms. The van der Waals surface area contributed by atoms with Crippen LogP contribution in [0.3, 0.4) is 0 Å². The first-order valence-corrected chi connectivity index (χ1v) is 7.66. The average Bonchev–Trinajstić information content (AvgIpc) is 2.28. The van der Waals surface area contributed by atoms with Crippen LogP contribution in [0.4, 0.5) is 0 Å². The zero-order valence-corrected chi connectivity index (χ0v) is 14.0. The molecule has 1 N–H and O–H groups in total. The number of carbonyl (C=O) groups is 1. The maximum absolute atomic E-state index is 11.9. The van der Waals surface area contributed by atoms with Gasteiger partial charge in [-0.2, -0.15) is 0 Å². The van der Waals surface area contributed by atoms with Gasteiger partial charge in [0.1, 0.15) is 0 Å². The van der Waals surface area contributed by atoms with E-state index in [-0.39, 0.29) is 11.3 Å². The molecule has 0 aliphatic rings. The summed E-state index contributed by atoms with van der Waals surface area (Å²) in [4.78, 5) is 11.9. The Bertz CT molecular complexity index is 423. The molecule has 1 unspecified atom stereocenters. The summed E-state index contributed by atoms with van der Waals surface area (Å²) in [7, 11) is 0. The molecule has 2 nitrogen and oxygen atoms in total. The first-order valence-electron chi connectivity index (χ1n) is 5.77. The van der Waals surface area contributed by atoms with Crippen molar-refractivity contribution in [2.45, 2.75) is 25.6 Å². The number of benzene rings is 1. The lowest BCUT2D eigenvalue weighted by Gasteiger charge is -2.13. The number of alkyl halides is 1. The zero-order valence-electron chi connectivity index (χ0n) is 10.3. The highest BCUT2D eigenvalue weighted by Crippen LogP contribution is 2.19. The predicted octanol–water partition coefficient (Wildman–Crippen LogP) is 4.33. The van der Waals surface area contributed by atoms with Crippen LogP contribution in [-0.2, 0) is 0 Å². The van der Waals surface area contributed by atoms with Crippen LogP contribution in [0.15, 0.2) is 18.2 Å². The van der Waals surface area contributed by atoms with Crippen molar-refractivity contribution >= 4 is 51.7 Å². The van der Waals surface area contributed by atoms with Gasteiger partial charge in [-0.05, 0) is 53.1 Å². The van der Waals surface area contributed by atoms with Crippen molar-refractivity contribution < 1.29 is 4.79 Å². The van der Waals surface area contributed by atoms with Gasteiger partial charge in [0.25, 0.3) is 5.91 Å². The third kappa shape index (κ3) is 5.33. The molecule has 0 saturated carbocycles. The lowest BCUT2D eigenvalue weighted by Crippen LogP contribution is -2.30. The minimum absolute atomic E-state index is 0.0340. The van der Waals surface area contributed by atoms with Crippen molar-refractivity contribution in [3.05, 3.63) is 32.4 Å². The maximum Gasteiger partial charge on any atom is 0.251 e. The van der Waals surface area contributed by atoms with Gasteiger partial charge in [-0.1, -0.05) is 25.4 Å². The number of hydrogen-bond donors (Lipinski definition) is 1. The van der Waals surface area contributed by atoms with Gasteiger partial charge >= 0.3 is 0 Å². The SMILES string of the molecule is CC(C)CC(Cl)CNC(=O)c1ccc(I)c(Cl)c1. The summed E-state index contributed by atoms with van der Waals surface area (Å²) >= 11 is 14.2. The second-order valence-electron chi connectivity index (χ2n) is 4.57. The molecule has 0 radical (unpaired) electrons. The van der Waals surface area contributed by atoms with Crippen LogP contribution in [0, 0.1) is 9.49 Å². The molecule has 0 spiro atoms. The summed E-state index contributed by atoms with van der Waals surface area (Å²) in [5.74, 6) is 0.389. The van der Waals surface area contributed by atoms with Crippen molar-refractivity contribution in [1.82, 2.24) is 5.32 Å². The van der Waals surface area contributed by atoms with Gasteiger partial charge < -0.3 is 5.32 Å². The monoisotopic (exact) mass is 399 g/mol. The van der Waals surface area contributed by atoms with Gasteiger partial charge in [0.05, 0.1) is 10.4 Å². The van der Waals surface area contributed by atoms with E-state index >= 15 is 0 Å². The molecule has 1 atom stereocenters. The molecule has 18 heavy (non-hydrogen) atoms. The van der Waals surface area contributed by atoms with Gasteiger partial charge in [-0.25, -0.2) is 0 Å². The number of nitrogens with one attached hydrogen (secondary N) is 1. The van der Waals surface area contributed by atoms with E-state index in [0.717, 1.165) is 9.99 Å². The molecule has 0 aliphatic carbocycles. The molecular formula is C13H16Cl2INO. The molecule has 0 fully saturated rings. The molecule has 0 aromatic heterocycles. The summed E-state index contributed by atoms with van der Waals surface area (Å²) < 4.78 is 0.931. The van der Waals surface area contributed by atoms with Crippen molar-refractivity contribution in [1.29, 1.82) is 0 Å². The first-order chi connectivity index (χ1) is 8.40. The van der Waals surface area contributed by atoms with E-state index in [0.29, 0.717) is 23.0 Å². The number of halogens is 3. The Balaban J connectivity index is 2.52. The quantitative estimate of drug-likeness (QED) is 0.579. The predicted molar refractivity (Wildman–Crippen MR) is 85.6 cm³/mol. The van der Waals surface area contributed by atoms with Crippen LogP contribution in [0.2, 0.25) is 5.02 Å². The van der Waals surface area contributed by atoms with Crippen molar-refractivity contribution in [3.63, 3.8) is 0 Å². The van der Waals surface area contributed by atoms with E-state index in [4.69, 9.17) is 23.2 Å². The molecule has 0 aliphatic heterocycles. The van der Waals surface area contributed by atoms with Crippen LogP contribution >= 0.6 is 45.8 Å². The Morgan fingerprint density at radius 1 is 1.44 bits per heavy atom. The smallest absolute Gasteiger partial charge is 0.251 e. The molecule has 100 valence electrons. The van der Waals surface area contributed by atoms with Gasteiger partial charge in [0, 0.05) is 15.7 Å². The highest BCUT2D eigenvalue weighted by Gasteiger charge is 2.11. The molecule has 0 bridgehead atoms. The first kappa shape index (κ1) is 16.1. The number of rotatable bonds is 5. The topological polar surface area (TPSA) is 29.1 Å². The Morgan fingerprint density at radius 3 is 2.67 bits per heavy atom. The van der Waals surface area contributed by atoms with Crippen LogP contribution in [-0.4, -0.2) is 17.8 Å². The second-order valence-corrected chi connectivity index (χ2v) is 6.75. The highest BCUT2D eigenvalue weighted by molar-refractivity contribution is 14.1. The largest absolute Gasteiger partial charge is 0.351 e. The lowest BCUT2D eigenvalue weighted by atomic mass is 10.1. The Labute approximate surface area is 132 Å². The highest BCUT2D eigenvalue weighted by atomic mass is 127. The standard InChI is InChI=1S/C13H16Cl2INO/c1-8(2)5-10(14)7-17-13(18)9-3-4-12(16)11(15)6-9/h3-4,6,8,10H,5,7H2,1-2H3,(H,17,18). The van der Waals surface area contributed by atoms with E-state index in [1.165, 1.54) is 0 Å². The van der Waals surface area contributed by atoms with Gasteiger partial charge in [-0.3, -0.25) is 4.79 Å². The third-order valence-electron chi connectivity index (χ3n) is 2.39. The van der Waals surface area contributed by atoms with Crippen LogP contribution < -0.4 is 5.32 Å². The molecule has 0 heterocycles. The fraction of sp³-hybridized carbons (Fsp3) is 0.462. The summed E-state index contributed by atoms with van der Waals surface area (Å²) in [5.41, 5.74) is 0.564. The zero-order chi connectivity index (χ0) is 13.7. The second kappa shape index (κ2) is 7.56. The third-order valence-corrected chi connectivity index (χ3v) is 4.30. The Hall–Kier alpha value is -0.0000000000000000555. The van der Waals surface area contributed by atoms with Gasteiger partial charge in [0.2, 0.25) is 0 Å². The Morgan fingerprint density at radius 2 is 2.11 bits per heavy atom. The van der Waals surface area contributed by atoms with Crippen molar-refractivity contribution in [2.75, 3.05) is 6.54 Å². The minimum Gasteiger partial charge on any atom is -0.351 e. The lowest BCUT2D eigenvalue weighted by molar-refractivity contribution is 0.0953. The summed E-state index contributed by atoms with van der Waals surface area (Å²) in [6.45, 7) is 4.69. The molecule has 1 rings (SSSR count). The van der Waals surface area contributed by atoms with E-state index in [1.54, 1.807) is 12.1 Å². The fourth-order valence-corrected chi connectivity index (χ4v) is 2.49. The number of carbonyl (C=O) groups excluding carboxylic acids is 1. The van der Waals surface area contributed by atoms with Crippen molar-refractivity contribution in [2.24, 2.45) is 5.92 Å². The van der Waals surface area contributed by atoms with Gasteiger partial charge in [0.15, 0.2) is 0 Å². The summed E-state index contributed by atoms with van der Waals surface area (Å²) in [6, 6.07) is 5.25. The average molecular weight is 400 g/mol. The molecule has 1 aromatic carbocycles. The van der Waals surface area contributed by atoms with Crippen LogP contribution in [0.5, 0.6) is 0 Å². The normalized spacial score (nSPS) is 12.6. The number of amides is 1. The fourth-order valence-electron chi connectivity index (χ4n) is 1.54. The van der Waals surface area contributed by atoms with E-state index < -0.39 is 0 Å².